The van der Waals surface area contributed by atoms with E-state index in [1.54, 1.807) is 0 Å². The van der Waals surface area contributed by atoms with Gasteiger partial charge in [0.05, 0.1) is 0 Å². The molecular weight excluding hydrogens is 294 g/mol. The van der Waals surface area contributed by atoms with Gasteiger partial charge >= 0.3 is 0 Å². The van der Waals surface area contributed by atoms with Gasteiger partial charge in [0.1, 0.15) is 0 Å². The first-order valence-electron chi connectivity index (χ1n) is 8.04. The highest BCUT2D eigenvalue weighted by atomic mass is 32.2. The van der Waals surface area contributed by atoms with Gasteiger partial charge in [-0.3, -0.25) is 0 Å². The number of thioether (sulfide) groups is 2. The van der Waals surface area contributed by atoms with Crippen molar-refractivity contribution in [2.45, 2.75) is 55.9 Å². The van der Waals surface area contributed by atoms with E-state index in [4.69, 9.17) is 0 Å². The molecule has 4 unspecified atom stereocenters. The van der Waals surface area contributed by atoms with Gasteiger partial charge in [-0.05, 0) is 30.5 Å². The summed E-state index contributed by atoms with van der Waals surface area (Å²) < 4.78 is 0. The summed E-state index contributed by atoms with van der Waals surface area (Å²) in [4.78, 5) is 0. The van der Waals surface area contributed by atoms with E-state index in [0.29, 0.717) is 17.2 Å². The maximum atomic E-state index is 3.57. The lowest BCUT2D eigenvalue weighted by atomic mass is 9.97. The third-order valence-corrected chi connectivity index (χ3v) is 7.71. The molecule has 2 rings (SSSR count). The van der Waals surface area contributed by atoms with E-state index in [1.807, 2.05) is 0 Å². The van der Waals surface area contributed by atoms with Crippen LogP contribution in [0.3, 0.4) is 0 Å². The standard InChI is InChI=1S/C18H29NS2/c1-12(2)9-15-7-6-8-16(10-15)18(19-5)17-11-20-13(3)14(4)21-17/h6-8,10,12-14,17-19H,9,11H2,1-5H3. The van der Waals surface area contributed by atoms with Crippen molar-refractivity contribution in [1.29, 1.82) is 0 Å². The zero-order chi connectivity index (χ0) is 15.4. The van der Waals surface area contributed by atoms with Crippen molar-refractivity contribution in [2.24, 2.45) is 5.92 Å². The number of hydrogen-bond acceptors (Lipinski definition) is 3. The summed E-state index contributed by atoms with van der Waals surface area (Å²) in [5, 5.41) is 5.75. The van der Waals surface area contributed by atoms with Gasteiger partial charge in [-0.1, -0.05) is 52.0 Å². The van der Waals surface area contributed by atoms with Crippen LogP contribution in [-0.2, 0) is 6.42 Å². The molecule has 0 saturated carbocycles. The Morgan fingerprint density at radius 2 is 2.00 bits per heavy atom. The fourth-order valence-corrected chi connectivity index (χ4v) is 6.09. The number of rotatable bonds is 5. The van der Waals surface area contributed by atoms with Crippen molar-refractivity contribution in [1.82, 2.24) is 5.32 Å². The molecule has 1 fully saturated rings. The van der Waals surface area contributed by atoms with Crippen LogP contribution in [0.1, 0.15) is 44.9 Å². The Hall–Kier alpha value is -0.120. The molecule has 3 heteroatoms. The lowest BCUT2D eigenvalue weighted by molar-refractivity contribution is 0.585. The van der Waals surface area contributed by atoms with E-state index in [2.05, 4.69) is 87.8 Å². The van der Waals surface area contributed by atoms with Crippen LogP contribution in [0.2, 0.25) is 0 Å². The molecule has 0 aliphatic carbocycles. The van der Waals surface area contributed by atoms with E-state index in [1.165, 1.54) is 23.3 Å². The lowest BCUT2D eigenvalue weighted by Gasteiger charge is -2.36. The largest absolute Gasteiger partial charge is 0.312 e. The molecule has 1 N–H and O–H groups in total. The average molecular weight is 324 g/mol. The van der Waals surface area contributed by atoms with Gasteiger partial charge in [-0.25, -0.2) is 0 Å². The van der Waals surface area contributed by atoms with Gasteiger partial charge in [0, 0.05) is 27.5 Å². The number of benzene rings is 1. The smallest absolute Gasteiger partial charge is 0.0446 e. The van der Waals surface area contributed by atoms with Crippen LogP contribution in [0.15, 0.2) is 24.3 Å². The topological polar surface area (TPSA) is 12.0 Å². The first-order chi connectivity index (χ1) is 10.0. The second kappa shape index (κ2) is 7.94. The first kappa shape index (κ1) is 17.2. The molecular formula is C18H29NS2. The molecule has 4 atom stereocenters. The first-order valence-corrected chi connectivity index (χ1v) is 10.0. The highest BCUT2D eigenvalue weighted by Crippen LogP contribution is 2.41. The molecule has 0 aromatic heterocycles. The Labute approximate surface area is 139 Å². The summed E-state index contributed by atoms with van der Waals surface area (Å²) in [7, 11) is 2.10. The van der Waals surface area contributed by atoms with Gasteiger partial charge in [-0.15, -0.1) is 0 Å². The zero-order valence-corrected chi connectivity index (χ0v) is 15.6. The Morgan fingerprint density at radius 3 is 2.62 bits per heavy atom. The third kappa shape index (κ3) is 4.67. The van der Waals surface area contributed by atoms with Gasteiger partial charge < -0.3 is 5.32 Å². The van der Waals surface area contributed by atoms with Crippen molar-refractivity contribution in [3.05, 3.63) is 35.4 Å². The molecule has 0 spiro atoms. The van der Waals surface area contributed by atoms with Gasteiger partial charge in [0.25, 0.3) is 0 Å². The quantitative estimate of drug-likeness (QED) is 0.838. The Bertz CT molecular complexity index is 447. The molecule has 0 radical (unpaired) electrons. The minimum absolute atomic E-state index is 0.463. The summed E-state index contributed by atoms with van der Waals surface area (Å²) in [6, 6.07) is 9.66. The third-order valence-electron chi connectivity index (χ3n) is 4.21. The van der Waals surface area contributed by atoms with Crippen molar-refractivity contribution >= 4 is 23.5 Å². The van der Waals surface area contributed by atoms with Crippen LogP contribution in [0.25, 0.3) is 0 Å². The minimum Gasteiger partial charge on any atom is -0.312 e. The molecule has 1 aliphatic rings. The van der Waals surface area contributed by atoms with Crippen LogP contribution in [-0.4, -0.2) is 28.6 Å². The lowest BCUT2D eigenvalue weighted by Crippen LogP contribution is -2.35. The van der Waals surface area contributed by atoms with Crippen LogP contribution in [0.5, 0.6) is 0 Å². The molecule has 118 valence electrons. The fourth-order valence-electron chi connectivity index (χ4n) is 2.93. The predicted octanol–water partition coefficient (Wildman–Crippen LogP) is 4.77. The van der Waals surface area contributed by atoms with Crippen molar-refractivity contribution in [2.75, 3.05) is 12.8 Å². The van der Waals surface area contributed by atoms with Crippen molar-refractivity contribution in [3.63, 3.8) is 0 Å². The van der Waals surface area contributed by atoms with E-state index in [0.717, 1.165) is 10.5 Å². The molecule has 0 bridgehead atoms. The minimum atomic E-state index is 0.463. The SMILES string of the molecule is CNC(c1cccc(CC(C)C)c1)C1CSC(C)C(C)S1. The van der Waals surface area contributed by atoms with Gasteiger partial charge in [0.2, 0.25) is 0 Å². The van der Waals surface area contributed by atoms with E-state index >= 15 is 0 Å². The fraction of sp³-hybridized carbons (Fsp3) is 0.667. The second-order valence-corrected chi connectivity index (χ2v) is 9.56. The Kier molecular flexibility index (Phi) is 6.51. The van der Waals surface area contributed by atoms with Gasteiger partial charge in [0.15, 0.2) is 0 Å². The summed E-state index contributed by atoms with van der Waals surface area (Å²) in [5.41, 5.74) is 2.92. The second-order valence-electron chi connectivity index (χ2n) is 6.53. The van der Waals surface area contributed by atoms with Crippen LogP contribution < -0.4 is 5.32 Å². The van der Waals surface area contributed by atoms with Crippen LogP contribution in [0, 0.1) is 5.92 Å². The maximum absolute atomic E-state index is 3.57. The normalized spacial score (nSPS) is 27.8. The number of hydrogen-bond donors (Lipinski definition) is 1. The van der Waals surface area contributed by atoms with E-state index < -0.39 is 0 Å². The molecule has 1 saturated heterocycles. The molecule has 1 aliphatic heterocycles. The zero-order valence-electron chi connectivity index (χ0n) is 13.9. The molecule has 1 nitrogen and oxygen atoms in total. The van der Waals surface area contributed by atoms with Crippen LogP contribution >= 0.6 is 23.5 Å². The highest BCUT2D eigenvalue weighted by molar-refractivity contribution is 8.07. The van der Waals surface area contributed by atoms with Crippen LogP contribution in [0.4, 0.5) is 0 Å². The van der Waals surface area contributed by atoms with E-state index in [9.17, 15) is 0 Å². The summed E-state index contributed by atoms with van der Waals surface area (Å²) in [6.45, 7) is 9.31. The Balaban J connectivity index is 2.13. The molecule has 1 aromatic rings. The molecule has 1 heterocycles. The molecule has 0 amide bonds. The summed E-state index contributed by atoms with van der Waals surface area (Å²) in [6.07, 6.45) is 1.17. The average Bonchev–Trinajstić information content (AvgIpc) is 2.43. The van der Waals surface area contributed by atoms with Gasteiger partial charge in [-0.2, -0.15) is 23.5 Å². The number of nitrogens with one attached hydrogen (secondary N) is 1. The molecule has 1 aromatic carbocycles. The molecule has 21 heavy (non-hydrogen) atoms. The predicted molar refractivity (Wildman–Crippen MR) is 99.5 cm³/mol. The maximum Gasteiger partial charge on any atom is 0.0446 e. The summed E-state index contributed by atoms with van der Waals surface area (Å²) in [5.74, 6) is 1.96. The monoisotopic (exact) mass is 323 g/mol. The highest BCUT2D eigenvalue weighted by Gasteiger charge is 2.31. The van der Waals surface area contributed by atoms with Crippen molar-refractivity contribution in [3.8, 4) is 0 Å². The van der Waals surface area contributed by atoms with E-state index in [-0.39, 0.29) is 0 Å². The Morgan fingerprint density at radius 1 is 1.24 bits per heavy atom. The summed E-state index contributed by atoms with van der Waals surface area (Å²) >= 11 is 4.29. The van der Waals surface area contributed by atoms with Crippen molar-refractivity contribution < 1.29 is 0 Å².